The first-order valence-electron chi connectivity index (χ1n) is 10.8. The molecular weight excluding hydrogens is 451 g/mol. The highest BCUT2D eigenvalue weighted by Gasteiger charge is 2.47. The number of aromatic nitrogens is 1. The molecule has 8 nitrogen and oxygen atoms in total. The summed E-state index contributed by atoms with van der Waals surface area (Å²) in [6.07, 6.45) is 1.37. The maximum atomic E-state index is 13.6. The fourth-order valence-corrected chi connectivity index (χ4v) is 3.70. The first-order chi connectivity index (χ1) is 16.0. The minimum absolute atomic E-state index is 0.234. The van der Waals surface area contributed by atoms with E-state index in [4.69, 9.17) is 10.00 Å². The van der Waals surface area contributed by atoms with E-state index in [0.29, 0.717) is 36.2 Å². The number of pyridine rings is 1. The molecule has 2 heterocycles. The maximum Gasteiger partial charge on any atom is 0.268 e. The van der Waals surface area contributed by atoms with Crippen LogP contribution in [0.5, 0.6) is 5.75 Å². The van der Waals surface area contributed by atoms with Crippen LogP contribution >= 0.6 is 0 Å². The zero-order valence-electron chi connectivity index (χ0n) is 19.1. The number of fused-ring (bicyclic) bond motifs is 1. The first kappa shape index (κ1) is 25.2. The molecule has 0 spiro atoms. The van der Waals surface area contributed by atoms with Crippen LogP contribution in [0.4, 0.5) is 13.2 Å². The van der Waals surface area contributed by atoms with Crippen molar-refractivity contribution < 1.29 is 32.0 Å². The third kappa shape index (κ3) is 6.14. The molecule has 1 aromatic carbocycles. The van der Waals surface area contributed by atoms with Gasteiger partial charge in [-0.15, -0.1) is 0 Å². The average Bonchev–Trinajstić information content (AvgIpc) is 3.14. The lowest BCUT2D eigenvalue weighted by Gasteiger charge is -2.25. The Morgan fingerprint density at radius 2 is 2.12 bits per heavy atom. The van der Waals surface area contributed by atoms with Crippen molar-refractivity contribution in [2.75, 3.05) is 47.1 Å². The van der Waals surface area contributed by atoms with Crippen molar-refractivity contribution in [2.24, 2.45) is 0 Å². The molecule has 1 atom stereocenters. The zero-order valence-corrected chi connectivity index (χ0v) is 19.1. The van der Waals surface area contributed by atoms with Gasteiger partial charge >= 0.3 is 0 Å². The van der Waals surface area contributed by atoms with E-state index < -0.39 is 50.1 Å². The molecule has 0 bridgehead atoms. The number of likely N-dealkylation sites (tertiary alicyclic amines) is 1. The SMILES string of the molecule is C[N+](C)(CF)CCCOc1ccc2nccc(C(=O)NCC(=O)N3CC(F)(F)C[C@H]3C#N)c2c1. The predicted octanol–water partition coefficient (Wildman–Crippen LogP) is 2.50. The van der Waals surface area contributed by atoms with Crippen LogP contribution in [-0.2, 0) is 4.79 Å². The van der Waals surface area contributed by atoms with Gasteiger partial charge in [-0.05, 0) is 24.3 Å². The molecule has 1 fully saturated rings. The number of hydrogen-bond donors (Lipinski definition) is 1. The van der Waals surface area contributed by atoms with Gasteiger partial charge in [-0.25, -0.2) is 8.78 Å². The Balaban J connectivity index is 1.65. The molecule has 0 aliphatic carbocycles. The van der Waals surface area contributed by atoms with E-state index in [1.165, 1.54) is 12.3 Å². The van der Waals surface area contributed by atoms with Gasteiger partial charge < -0.3 is 19.4 Å². The molecule has 0 radical (unpaired) electrons. The van der Waals surface area contributed by atoms with Gasteiger partial charge in [0.25, 0.3) is 11.8 Å². The van der Waals surface area contributed by atoms with Crippen molar-refractivity contribution in [3.05, 3.63) is 36.0 Å². The lowest BCUT2D eigenvalue weighted by atomic mass is 10.1. The predicted molar refractivity (Wildman–Crippen MR) is 118 cm³/mol. The van der Waals surface area contributed by atoms with Gasteiger partial charge in [0.1, 0.15) is 11.8 Å². The standard InChI is InChI=1S/C23H26F3N5O3/c1-31(2,15-24)8-3-9-34-17-4-5-20-19(10-17)18(6-7-28-20)22(33)29-13-21(32)30-14-23(25,26)11-16(30)12-27/h4-7,10,16H,3,8-9,11,13-15H2,1-2H3/p+1/t16-/m0/s1. The van der Waals surface area contributed by atoms with Crippen LogP contribution in [0, 0.1) is 11.3 Å². The number of nitrogens with zero attached hydrogens (tertiary/aromatic N) is 4. The summed E-state index contributed by atoms with van der Waals surface area (Å²) >= 11 is 0. The van der Waals surface area contributed by atoms with Gasteiger partial charge in [0.15, 0.2) is 0 Å². The Labute approximate surface area is 195 Å². The monoisotopic (exact) mass is 478 g/mol. The van der Waals surface area contributed by atoms with E-state index in [0.717, 1.165) is 4.90 Å². The number of ether oxygens (including phenoxy) is 1. The summed E-state index contributed by atoms with van der Waals surface area (Å²) in [5.41, 5.74) is 0.771. The van der Waals surface area contributed by atoms with Gasteiger partial charge in [0, 0.05) is 24.4 Å². The number of benzene rings is 1. The van der Waals surface area contributed by atoms with Crippen molar-refractivity contribution >= 4 is 22.7 Å². The molecule has 0 unspecified atom stereocenters. The van der Waals surface area contributed by atoms with E-state index in [1.807, 2.05) is 0 Å². The minimum Gasteiger partial charge on any atom is -0.493 e. The maximum absolute atomic E-state index is 13.6. The molecule has 2 aromatic rings. The van der Waals surface area contributed by atoms with Crippen LogP contribution in [0.2, 0.25) is 0 Å². The minimum atomic E-state index is -3.13. The summed E-state index contributed by atoms with van der Waals surface area (Å²) in [5, 5.41) is 12.0. The molecule has 0 saturated carbocycles. The lowest BCUT2D eigenvalue weighted by Crippen LogP contribution is -2.43. The third-order valence-corrected chi connectivity index (χ3v) is 5.60. The molecule has 1 aliphatic rings. The topological polar surface area (TPSA) is 95.3 Å². The Bertz CT molecular complexity index is 1100. The first-order valence-corrected chi connectivity index (χ1v) is 10.8. The summed E-state index contributed by atoms with van der Waals surface area (Å²) in [6, 6.07) is 7.02. The molecule has 11 heteroatoms. The Morgan fingerprint density at radius 1 is 1.35 bits per heavy atom. The quantitative estimate of drug-likeness (QED) is 0.340. The van der Waals surface area contributed by atoms with E-state index in [9.17, 15) is 22.8 Å². The summed E-state index contributed by atoms with van der Waals surface area (Å²) in [4.78, 5) is 30.2. The molecule has 1 saturated heterocycles. The fourth-order valence-electron chi connectivity index (χ4n) is 3.70. The zero-order chi connectivity index (χ0) is 24.9. The van der Waals surface area contributed by atoms with Crippen LogP contribution in [-0.4, -0.2) is 85.3 Å². The summed E-state index contributed by atoms with van der Waals surface area (Å²) in [5.74, 6) is -3.96. The Morgan fingerprint density at radius 3 is 2.82 bits per heavy atom. The van der Waals surface area contributed by atoms with E-state index in [2.05, 4.69) is 10.3 Å². The van der Waals surface area contributed by atoms with Crippen LogP contribution in [0.1, 0.15) is 23.2 Å². The number of quaternary nitrogens is 1. The lowest BCUT2D eigenvalue weighted by molar-refractivity contribution is -0.902. The normalized spacial score (nSPS) is 17.4. The summed E-state index contributed by atoms with van der Waals surface area (Å²) in [7, 11) is 3.57. The number of rotatable bonds is 9. The number of amides is 2. The average molecular weight is 478 g/mol. The van der Waals surface area contributed by atoms with Crippen molar-refractivity contribution in [1.82, 2.24) is 15.2 Å². The molecule has 182 valence electrons. The van der Waals surface area contributed by atoms with Gasteiger partial charge in [0.05, 0.1) is 57.5 Å². The van der Waals surface area contributed by atoms with Gasteiger partial charge in [-0.3, -0.25) is 14.6 Å². The second kappa shape index (κ2) is 10.3. The van der Waals surface area contributed by atoms with Crippen LogP contribution < -0.4 is 10.1 Å². The largest absolute Gasteiger partial charge is 0.493 e. The van der Waals surface area contributed by atoms with Gasteiger partial charge in [-0.2, -0.15) is 9.65 Å². The second-order valence-electron chi connectivity index (χ2n) is 8.93. The number of alkyl halides is 3. The molecule has 1 N–H and O–H groups in total. The number of nitrogens with one attached hydrogen (secondary N) is 1. The second-order valence-corrected chi connectivity index (χ2v) is 8.93. The van der Waals surface area contributed by atoms with E-state index in [-0.39, 0.29) is 10.0 Å². The fraction of sp³-hybridized carbons (Fsp3) is 0.478. The number of carbonyl (C=O) groups excluding carboxylic acids is 2. The van der Waals surface area contributed by atoms with Crippen molar-refractivity contribution in [2.45, 2.75) is 24.8 Å². The van der Waals surface area contributed by atoms with Crippen LogP contribution in [0.15, 0.2) is 30.5 Å². The smallest absolute Gasteiger partial charge is 0.268 e. The van der Waals surface area contributed by atoms with Crippen molar-refractivity contribution in [1.29, 1.82) is 5.26 Å². The van der Waals surface area contributed by atoms with Gasteiger partial charge in [-0.1, -0.05) is 0 Å². The number of halogens is 3. The highest BCUT2D eigenvalue weighted by atomic mass is 19.3. The number of carbonyl (C=O) groups is 2. The van der Waals surface area contributed by atoms with Crippen LogP contribution in [0.3, 0.4) is 0 Å². The molecule has 1 aromatic heterocycles. The molecule has 34 heavy (non-hydrogen) atoms. The molecular formula is C23H27F3N5O3+. The highest BCUT2D eigenvalue weighted by Crippen LogP contribution is 2.31. The van der Waals surface area contributed by atoms with Crippen molar-refractivity contribution in [3.63, 3.8) is 0 Å². The summed E-state index contributed by atoms with van der Waals surface area (Å²) in [6.45, 7) is -0.872. The Kier molecular flexibility index (Phi) is 7.61. The molecule has 3 rings (SSSR count). The number of nitriles is 1. The molecule has 1 aliphatic heterocycles. The Hall–Kier alpha value is -3.39. The highest BCUT2D eigenvalue weighted by molar-refractivity contribution is 6.07. The summed E-state index contributed by atoms with van der Waals surface area (Å²) < 4.78 is 46.1. The van der Waals surface area contributed by atoms with E-state index in [1.54, 1.807) is 38.4 Å². The molecule has 2 amide bonds. The van der Waals surface area contributed by atoms with E-state index >= 15 is 0 Å². The van der Waals surface area contributed by atoms with Crippen LogP contribution in [0.25, 0.3) is 10.9 Å². The van der Waals surface area contributed by atoms with Gasteiger partial charge in [0.2, 0.25) is 12.7 Å². The third-order valence-electron chi connectivity index (χ3n) is 5.60. The van der Waals surface area contributed by atoms with Crippen molar-refractivity contribution in [3.8, 4) is 11.8 Å². The number of hydrogen-bond acceptors (Lipinski definition) is 5.